The Morgan fingerprint density at radius 1 is 0.302 bits per heavy atom. The molecule has 11 aromatic rings. The molecule has 0 saturated carbocycles. The zero-order valence-electron chi connectivity index (χ0n) is 34.9. The Morgan fingerprint density at radius 3 is 1.35 bits per heavy atom. The van der Waals surface area contributed by atoms with Crippen LogP contribution in [0, 0.1) is 13.8 Å². The maximum absolute atomic E-state index is 5.42. The predicted octanol–water partition coefficient (Wildman–Crippen LogP) is 14.6. The summed E-state index contributed by atoms with van der Waals surface area (Å²) < 4.78 is 2.41. The van der Waals surface area contributed by atoms with Gasteiger partial charge >= 0.3 is 0 Å². The molecular weight excluding hydrogens is 767 g/mol. The first-order valence-corrected chi connectivity index (χ1v) is 21.3. The quantitative estimate of drug-likeness (QED) is 0.153. The standard InChI is InChI=1S/C58H41N5/c1-38-31-39(2)33-46(32-38)44-27-29-48-47-25-15-16-26-54(47)63(56(48)35-44)55-30-28-45(52-36-50(40-17-7-3-8-18-40)59-57(61-52)42-21-11-5-12-22-42)34-49(55)53-37-51(41-19-9-4-10-20-41)60-58(62-53)43-23-13-6-14-24-43/h3-37H,1-2H3. The Bertz CT molecular complexity index is 3320. The van der Waals surface area contributed by atoms with E-state index in [-0.39, 0.29) is 0 Å². The van der Waals surface area contributed by atoms with Crippen LogP contribution in [0.4, 0.5) is 0 Å². The Hall–Kier alpha value is -8.28. The zero-order chi connectivity index (χ0) is 42.3. The lowest BCUT2D eigenvalue weighted by Crippen LogP contribution is -2.02. The van der Waals surface area contributed by atoms with E-state index in [2.05, 4.69) is 170 Å². The van der Waals surface area contributed by atoms with Crippen molar-refractivity contribution in [2.75, 3.05) is 0 Å². The number of aryl methyl sites for hydroxylation is 2. The average Bonchev–Trinajstić information content (AvgIpc) is 3.68. The fraction of sp³-hybridized carbons (Fsp3) is 0.0345. The summed E-state index contributed by atoms with van der Waals surface area (Å²) in [4.78, 5) is 21.0. The summed E-state index contributed by atoms with van der Waals surface area (Å²) in [5.74, 6) is 1.32. The number of hydrogen-bond acceptors (Lipinski definition) is 4. The van der Waals surface area contributed by atoms with Crippen LogP contribution in [0.3, 0.4) is 0 Å². The van der Waals surface area contributed by atoms with Gasteiger partial charge in [-0.2, -0.15) is 0 Å². The van der Waals surface area contributed by atoms with Gasteiger partial charge in [-0.1, -0.05) is 187 Å². The number of benzene rings is 8. The van der Waals surface area contributed by atoms with Crippen LogP contribution in [0.25, 0.3) is 106 Å². The highest BCUT2D eigenvalue weighted by molar-refractivity contribution is 6.11. The summed E-state index contributed by atoms with van der Waals surface area (Å²) in [7, 11) is 0. The lowest BCUT2D eigenvalue weighted by molar-refractivity contribution is 1.15. The third-order valence-electron chi connectivity index (χ3n) is 11.7. The fourth-order valence-corrected chi connectivity index (χ4v) is 8.77. The van der Waals surface area contributed by atoms with Crippen molar-refractivity contribution >= 4 is 21.8 Å². The minimum Gasteiger partial charge on any atom is -0.309 e. The third-order valence-corrected chi connectivity index (χ3v) is 11.7. The van der Waals surface area contributed by atoms with E-state index in [9.17, 15) is 0 Å². The fourth-order valence-electron chi connectivity index (χ4n) is 8.77. The maximum Gasteiger partial charge on any atom is 0.160 e. The summed E-state index contributed by atoms with van der Waals surface area (Å²) in [5.41, 5.74) is 17.2. The molecule has 5 heteroatoms. The zero-order valence-corrected chi connectivity index (χ0v) is 34.9. The van der Waals surface area contributed by atoms with Crippen molar-refractivity contribution in [2.24, 2.45) is 0 Å². The largest absolute Gasteiger partial charge is 0.309 e. The first kappa shape index (κ1) is 37.7. The molecule has 0 aliphatic carbocycles. The number of nitrogens with zero attached hydrogens (tertiary/aromatic N) is 5. The van der Waals surface area contributed by atoms with Gasteiger partial charge < -0.3 is 4.57 Å². The topological polar surface area (TPSA) is 56.5 Å². The van der Waals surface area contributed by atoms with E-state index in [1.165, 1.54) is 33.0 Å². The summed E-state index contributed by atoms with van der Waals surface area (Å²) in [6.45, 7) is 4.33. The number of para-hydroxylation sites is 1. The minimum absolute atomic E-state index is 0.655. The second-order valence-electron chi connectivity index (χ2n) is 16.1. The van der Waals surface area contributed by atoms with Gasteiger partial charge in [-0.25, -0.2) is 19.9 Å². The molecule has 0 bridgehead atoms. The van der Waals surface area contributed by atoms with Gasteiger partial charge in [0, 0.05) is 44.2 Å². The van der Waals surface area contributed by atoms with Crippen LogP contribution in [-0.2, 0) is 0 Å². The second-order valence-corrected chi connectivity index (χ2v) is 16.1. The van der Waals surface area contributed by atoms with Crippen molar-refractivity contribution in [1.29, 1.82) is 0 Å². The molecule has 0 amide bonds. The second kappa shape index (κ2) is 16.0. The molecular formula is C58H41N5. The van der Waals surface area contributed by atoms with Gasteiger partial charge in [0.2, 0.25) is 0 Å². The molecule has 0 fully saturated rings. The highest BCUT2D eigenvalue weighted by Gasteiger charge is 2.21. The van der Waals surface area contributed by atoms with Crippen molar-refractivity contribution in [2.45, 2.75) is 13.8 Å². The molecule has 3 heterocycles. The van der Waals surface area contributed by atoms with Gasteiger partial charge in [-0.3, -0.25) is 0 Å². The van der Waals surface area contributed by atoms with Crippen LogP contribution in [-0.4, -0.2) is 24.5 Å². The summed E-state index contributed by atoms with van der Waals surface area (Å²) in [6.07, 6.45) is 0. The van der Waals surface area contributed by atoms with Crippen molar-refractivity contribution in [3.63, 3.8) is 0 Å². The van der Waals surface area contributed by atoms with Gasteiger partial charge in [0.1, 0.15) is 0 Å². The molecule has 0 unspecified atom stereocenters. The van der Waals surface area contributed by atoms with Crippen LogP contribution < -0.4 is 0 Å². The lowest BCUT2D eigenvalue weighted by Gasteiger charge is -2.17. The first-order chi connectivity index (χ1) is 31.0. The van der Waals surface area contributed by atoms with Crippen LogP contribution in [0.5, 0.6) is 0 Å². The van der Waals surface area contributed by atoms with Gasteiger partial charge in [0.25, 0.3) is 0 Å². The van der Waals surface area contributed by atoms with E-state index in [0.717, 1.165) is 72.9 Å². The van der Waals surface area contributed by atoms with E-state index < -0.39 is 0 Å². The van der Waals surface area contributed by atoms with E-state index in [4.69, 9.17) is 19.9 Å². The monoisotopic (exact) mass is 807 g/mol. The van der Waals surface area contributed by atoms with Crippen LogP contribution in [0.15, 0.2) is 212 Å². The SMILES string of the molecule is Cc1cc(C)cc(-c2ccc3c4ccccc4n(-c4ccc(-c5cc(-c6ccccc6)nc(-c6ccccc6)n5)cc4-c4cc(-c5ccccc5)nc(-c5ccccc5)n4)c3c2)c1. The number of fused-ring (bicyclic) bond motifs is 3. The summed E-state index contributed by atoms with van der Waals surface area (Å²) >= 11 is 0. The number of rotatable bonds is 8. The normalized spacial score (nSPS) is 11.3. The van der Waals surface area contributed by atoms with Crippen molar-refractivity contribution < 1.29 is 0 Å². The molecule has 0 atom stereocenters. The number of aromatic nitrogens is 5. The molecule has 8 aromatic carbocycles. The van der Waals surface area contributed by atoms with Crippen molar-refractivity contribution in [1.82, 2.24) is 24.5 Å². The molecule has 0 radical (unpaired) electrons. The molecule has 0 aliphatic heterocycles. The minimum atomic E-state index is 0.655. The van der Waals surface area contributed by atoms with Crippen molar-refractivity contribution in [3.05, 3.63) is 223 Å². The molecule has 11 rings (SSSR count). The van der Waals surface area contributed by atoms with Crippen molar-refractivity contribution in [3.8, 4) is 84.6 Å². The van der Waals surface area contributed by atoms with Gasteiger partial charge in [0.15, 0.2) is 11.6 Å². The Morgan fingerprint density at radius 2 is 0.762 bits per heavy atom. The van der Waals surface area contributed by atoms with Gasteiger partial charge in [0.05, 0.1) is 39.5 Å². The van der Waals surface area contributed by atoms with Gasteiger partial charge in [-0.05, 0) is 61.4 Å². The average molecular weight is 808 g/mol. The molecule has 0 N–H and O–H groups in total. The highest BCUT2D eigenvalue weighted by atomic mass is 15.0. The maximum atomic E-state index is 5.42. The van der Waals surface area contributed by atoms with E-state index in [1.54, 1.807) is 0 Å². The third kappa shape index (κ3) is 7.26. The molecule has 3 aromatic heterocycles. The van der Waals surface area contributed by atoms with E-state index >= 15 is 0 Å². The van der Waals surface area contributed by atoms with Crippen LogP contribution in [0.2, 0.25) is 0 Å². The van der Waals surface area contributed by atoms with Crippen LogP contribution in [0.1, 0.15) is 11.1 Å². The van der Waals surface area contributed by atoms with Crippen LogP contribution >= 0.6 is 0 Å². The molecule has 0 spiro atoms. The highest BCUT2D eigenvalue weighted by Crippen LogP contribution is 2.41. The molecule has 298 valence electrons. The first-order valence-electron chi connectivity index (χ1n) is 21.3. The Labute approximate surface area is 366 Å². The molecule has 0 aliphatic rings. The lowest BCUT2D eigenvalue weighted by atomic mass is 9.99. The van der Waals surface area contributed by atoms with Gasteiger partial charge in [-0.15, -0.1) is 0 Å². The smallest absolute Gasteiger partial charge is 0.160 e. The van der Waals surface area contributed by atoms with E-state index in [0.29, 0.717) is 11.6 Å². The van der Waals surface area contributed by atoms with E-state index in [1.807, 2.05) is 60.7 Å². The Kier molecular flexibility index (Phi) is 9.55. The molecule has 5 nitrogen and oxygen atoms in total. The molecule has 0 saturated heterocycles. The number of hydrogen-bond donors (Lipinski definition) is 0. The predicted molar refractivity (Wildman–Crippen MR) is 259 cm³/mol. The molecule has 63 heavy (non-hydrogen) atoms. The summed E-state index contributed by atoms with van der Waals surface area (Å²) in [6, 6.07) is 74.4. The summed E-state index contributed by atoms with van der Waals surface area (Å²) in [5, 5.41) is 2.37. The Balaban J connectivity index is 1.21.